The van der Waals surface area contributed by atoms with E-state index in [1.807, 2.05) is 18.2 Å². The molecule has 1 amide bonds. The molecule has 2 N–H and O–H groups in total. The largest absolute Gasteiger partial charge is 0.506 e. The number of phenols is 1. The highest BCUT2D eigenvalue weighted by molar-refractivity contribution is 5.99. The summed E-state index contributed by atoms with van der Waals surface area (Å²) in [5, 5.41) is 13.2. The molecule has 96 valence electrons. The molecule has 0 saturated carbocycles. The Morgan fingerprint density at radius 2 is 2.21 bits per heavy atom. The molecule has 0 saturated heterocycles. The Labute approximate surface area is 110 Å². The van der Waals surface area contributed by atoms with Crippen molar-refractivity contribution in [3.8, 4) is 5.75 Å². The Hall–Kier alpha value is -2.56. The average molecular weight is 255 g/mol. The molecule has 2 heterocycles. The summed E-state index contributed by atoms with van der Waals surface area (Å²) in [6.07, 6.45) is 1.69. The summed E-state index contributed by atoms with van der Waals surface area (Å²) in [4.78, 5) is 17.7. The highest BCUT2D eigenvalue weighted by Crippen LogP contribution is 2.40. The molecule has 1 aromatic heterocycles. The van der Waals surface area contributed by atoms with Crippen LogP contribution in [0.4, 0.5) is 17.2 Å². The van der Waals surface area contributed by atoms with Crippen LogP contribution in [0.1, 0.15) is 12.5 Å². The van der Waals surface area contributed by atoms with Crippen molar-refractivity contribution in [3.63, 3.8) is 0 Å². The van der Waals surface area contributed by atoms with Crippen molar-refractivity contribution in [2.45, 2.75) is 13.5 Å². The molecular weight excluding hydrogens is 242 g/mol. The fourth-order valence-corrected chi connectivity index (χ4v) is 2.24. The second-order valence-corrected chi connectivity index (χ2v) is 4.41. The first-order chi connectivity index (χ1) is 9.16. The van der Waals surface area contributed by atoms with Gasteiger partial charge in [-0.1, -0.05) is 12.1 Å². The van der Waals surface area contributed by atoms with Crippen molar-refractivity contribution in [3.05, 3.63) is 42.1 Å². The van der Waals surface area contributed by atoms with Crippen molar-refractivity contribution < 1.29 is 9.90 Å². The summed E-state index contributed by atoms with van der Waals surface area (Å²) >= 11 is 0. The van der Waals surface area contributed by atoms with Crippen molar-refractivity contribution in [1.29, 1.82) is 0 Å². The predicted molar refractivity (Wildman–Crippen MR) is 72.5 cm³/mol. The summed E-state index contributed by atoms with van der Waals surface area (Å²) in [5.41, 5.74) is 2.08. The molecule has 0 aliphatic carbocycles. The lowest BCUT2D eigenvalue weighted by Crippen LogP contribution is -2.27. The number of anilines is 3. The Bertz CT molecular complexity index is 655. The fraction of sp³-hybridized carbons (Fsp3) is 0.143. The molecule has 19 heavy (non-hydrogen) atoms. The van der Waals surface area contributed by atoms with Crippen LogP contribution >= 0.6 is 0 Å². The first-order valence-corrected chi connectivity index (χ1v) is 5.98. The number of hydrogen-bond donors (Lipinski definition) is 2. The Balaban J connectivity index is 2.22. The summed E-state index contributed by atoms with van der Waals surface area (Å²) < 4.78 is 0. The number of rotatable bonds is 0. The van der Waals surface area contributed by atoms with E-state index >= 15 is 0 Å². The molecule has 1 aromatic carbocycles. The van der Waals surface area contributed by atoms with Crippen LogP contribution in [0.15, 0.2) is 36.5 Å². The first kappa shape index (κ1) is 11.5. The van der Waals surface area contributed by atoms with Crippen LogP contribution in [-0.2, 0) is 11.3 Å². The van der Waals surface area contributed by atoms with Gasteiger partial charge in [0.05, 0.1) is 12.2 Å². The Morgan fingerprint density at radius 1 is 1.37 bits per heavy atom. The monoisotopic (exact) mass is 255 g/mol. The maximum absolute atomic E-state index is 11.8. The zero-order chi connectivity index (χ0) is 13.4. The number of hydrogen-bond acceptors (Lipinski definition) is 4. The van der Waals surface area contributed by atoms with E-state index in [2.05, 4.69) is 10.3 Å². The van der Waals surface area contributed by atoms with Crippen molar-refractivity contribution in [2.75, 3.05) is 10.2 Å². The number of benzene rings is 1. The van der Waals surface area contributed by atoms with Gasteiger partial charge in [-0.2, -0.15) is 0 Å². The van der Waals surface area contributed by atoms with E-state index in [1.165, 1.54) is 6.92 Å². The highest BCUT2D eigenvalue weighted by Gasteiger charge is 2.24. The number of nitrogens with one attached hydrogen (secondary N) is 1. The molecule has 0 unspecified atom stereocenters. The zero-order valence-electron chi connectivity index (χ0n) is 10.4. The van der Waals surface area contributed by atoms with Crippen LogP contribution in [0.3, 0.4) is 0 Å². The number of nitrogens with zero attached hydrogens (tertiary/aromatic N) is 2. The summed E-state index contributed by atoms with van der Waals surface area (Å²) in [6.45, 7) is 1.87. The summed E-state index contributed by atoms with van der Waals surface area (Å²) in [6, 6.07) is 8.85. The molecule has 0 fully saturated rings. The summed E-state index contributed by atoms with van der Waals surface area (Å²) in [7, 11) is 0. The van der Waals surface area contributed by atoms with Gasteiger partial charge in [-0.15, -0.1) is 0 Å². The van der Waals surface area contributed by atoms with Crippen LogP contribution in [0.2, 0.25) is 0 Å². The molecular formula is C14H13N3O2. The van der Waals surface area contributed by atoms with E-state index in [9.17, 15) is 9.90 Å². The van der Waals surface area contributed by atoms with Gasteiger partial charge in [-0.05, 0) is 18.2 Å². The molecule has 0 radical (unpaired) electrons. The molecule has 0 bridgehead atoms. The minimum absolute atomic E-state index is 0.0769. The lowest BCUT2D eigenvalue weighted by molar-refractivity contribution is -0.116. The van der Waals surface area contributed by atoms with Gasteiger partial charge in [0.25, 0.3) is 0 Å². The molecule has 5 heteroatoms. The average Bonchev–Trinajstić information content (AvgIpc) is 2.55. The number of pyridine rings is 1. The van der Waals surface area contributed by atoms with Gasteiger partial charge in [0, 0.05) is 18.7 Å². The topological polar surface area (TPSA) is 65.5 Å². The molecule has 2 aromatic rings. The summed E-state index contributed by atoms with van der Waals surface area (Å²) in [5.74, 6) is 0.660. The third-order valence-corrected chi connectivity index (χ3v) is 3.14. The molecule has 1 aliphatic rings. The number of aromatic nitrogens is 1. The minimum Gasteiger partial charge on any atom is -0.506 e. The SMILES string of the molecule is CC(=O)N1Cc2cccnc2Nc2cccc(O)c21. The second kappa shape index (κ2) is 4.28. The third-order valence-electron chi connectivity index (χ3n) is 3.14. The van der Waals surface area contributed by atoms with Crippen LogP contribution in [0.5, 0.6) is 5.75 Å². The predicted octanol–water partition coefficient (Wildman–Crippen LogP) is 2.40. The number of fused-ring (bicyclic) bond motifs is 2. The van der Waals surface area contributed by atoms with E-state index in [0.29, 0.717) is 23.7 Å². The minimum atomic E-state index is -0.124. The lowest BCUT2D eigenvalue weighted by atomic mass is 10.2. The van der Waals surface area contributed by atoms with Crippen molar-refractivity contribution in [1.82, 2.24) is 4.98 Å². The second-order valence-electron chi connectivity index (χ2n) is 4.41. The van der Waals surface area contributed by atoms with Crippen LogP contribution in [0, 0.1) is 0 Å². The van der Waals surface area contributed by atoms with E-state index in [-0.39, 0.29) is 11.7 Å². The fourth-order valence-electron chi connectivity index (χ4n) is 2.24. The van der Waals surface area contributed by atoms with E-state index in [1.54, 1.807) is 23.2 Å². The van der Waals surface area contributed by atoms with Gasteiger partial charge in [0.2, 0.25) is 5.91 Å². The van der Waals surface area contributed by atoms with Crippen LogP contribution in [-0.4, -0.2) is 16.0 Å². The highest BCUT2D eigenvalue weighted by atomic mass is 16.3. The van der Waals surface area contributed by atoms with Gasteiger partial charge in [-0.3, -0.25) is 4.79 Å². The van der Waals surface area contributed by atoms with Gasteiger partial charge in [0.1, 0.15) is 17.3 Å². The number of aromatic hydroxyl groups is 1. The maximum Gasteiger partial charge on any atom is 0.224 e. The van der Waals surface area contributed by atoms with Gasteiger partial charge >= 0.3 is 0 Å². The smallest absolute Gasteiger partial charge is 0.224 e. The number of carbonyl (C=O) groups is 1. The molecule has 0 spiro atoms. The molecule has 5 nitrogen and oxygen atoms in total. The van der Waals surface area contributed by atoms with Crippen molar-refractivity contribution in [2.24, 2.45) is 0 Å². The third kappa shape index (κ3) is 1.89. The molecule has 3 rings (SSSR count). The quantitative estimate of drug-likeness (QED) is 0.758. The number of carbonyl (C=O) groups excluding carboxylic acids is 1. The van der Waals surface area contributed by atoms with E-state index < -0.39 is 0 Å². The van der Waals surface area contributed by atoms with Gasteiger partial charge in [0.15, 0.2) is 0 Å². The zero-order valence-corrected chi connectivity index (χ0v) is 10.4. The Morgan fingerprint density at radius 3 is 3.00 bits per heavy atom. The number of para-hydroxylation sites is 1. The normalized spacial score (nSPS) is 13.0. The first-order valence-electron chi connectivity index (χ1n) is 5.98. The standard InChI is InChI=1S/C14H13N3O2/c1-9(18)17-8-10-4-3-7-15-14(10)16-11-5-2-6-12(19)13(11)17/h2-7,19H,8H2,1H3,(H,15,16). The van der Waals surface area contributed by atoms with Crippen molar-refractivity contribution >= 4 is 23.1 Å². The molecule has 0 atom stereocenters. The number of phenolic OH excluding ortho intramolecular Hbond substituents is 1. The van der Waals surface area contributed by atoms with Gasteiger partial charge in [-0.25, -0.2) is 4.98 Å². The lowest BCUT2D eigenvalue weighted by Gasteiger charge is -2.21. The number of amides is 1. The molecule has 1 aliphatic heterocycles. The Kier molecular flexibility index (Phi) is 2.59. The van der Waals surface area contributed by atoms with Crippen LogP contribution < -0.4 is 10.2 Å². The van der Waals surface area contributed by atoms with Crippen LogP contribution in [0.25, 0.3) is 0 Å². The van der Waals surface area contributed by atoms with E-state index in [0.717, 1.165) is 5.56 Å². The van der Waals surface area contributed by atoms with E-state index in [4.69, 9.17) is 0 Å². The van der Waals surface area contributed by atoms with Gasteiger partial charge < -0.3 is 15.3 Å². The maximum atomic E-state index is 11.8.